The van der Waals surface area contributed by atoms with Crippen LogP contribution in [0.1, 0.15) is 11.3 Å². The molecule has 2 aromatic heterocycles. The van der Waals surface area contributed by atoms with Gasteiger partial charge in [0, 0.05) is 49.9 Å². The molecule has 7 heteroatoms. The van der Waals surface area contributed by atoms with Crippen molar-refractivity contribution in [1.29, 1.82) is 0 Å². The van der Waals surface area contributed by atoms with Crippen molar-refractivity contribution in [1.82, 2.24) is 15.1 Å². The number of hydrogen-bond acceptors (Lipinski definition) is 5. The largest absolute Gasteiger partial charge is 0.324 e. The van der Waals surface area contributed by atoms with Gasteiger partial charge in [-0.1, -0.05) is 11.3 Å². The fraction of sp³-hybridized carbons (Fsp3) is 0.364. The molecule has 0 spiro atoms. The SMILES string of the molecule is Cn1nccc1CCNCc1csc([N+](=O)[O-])c1. The summed E-state index contributed by atoms with van der Waals surface area (Å²) in [7, 11) is 1.91. The van der Waals surface area contributed by atoms with E-state index in [1.54, 1.807) is 12.3 Å². The van der Waals surface area contributed by atoms with E-state index in [4.69, 9.17) is 0 Å². The Labute approximate surface area is 108 Å². The zero-order chi connectivity index (χ0) is 13.0. The fourth-order valence-electron chi connectivity index (χ4n) is 1.65. The van der Waals surface area contributed by atoms with Crippen LogP contribution in [-0.2, 0) is 20.0 Å². The van der Waals surface area contributed by atoms with Gasteiger partial charge in [0.25, 0.3) is 0 Å². The molecule has 0 aliphatic heterocycles. The summed E-state index contributed by atoms with van der Waals surface area (Å²) >= 11 is 1.16. The molecule has 96 valence electrons. The van der Waals surface area contributed by atoms with Gasteiger partial charge in [0.15, 0.2) is 0 Å². The van der Waals surface area contributed by atoms with Crippen molar-refractivity contribution in [2.24, 2.45) is 7.05 Å². The number of nitrogens with one attached hydrogen (secondary N) is 1. The molecule has 0 radical (unpaired) electrons. The maximum absolute atomic E-state index is 10.5. The fourth-order valence-corrected chi connectivity index (χ4v) is 2.38. The summed E-state index contributed by atoms with van der Waals surface area (Å²) in [6.45, 7) is 1.48. The summed E-state index contributed by atoms with van der Waals surface area (Å²) in [5, 5.41) is 19.9. The molecule has 2 rings (SSSR count). The average molecular weight is 266 g/mol. The third-order valence-corrected chi connectivity index (χ3v) is 3.56. The number of aromatic nitrogens is 2. The first-order valence-corrected chi connectivity index (χ1v) is 6.44. The lowest BCUT2D eigenvalue weighted by Gasteiger charge is -2.03. The molecule has 0 aliphatic rings. The first-order chi connectivity index (χ1) is 8.66. The first-order valence-electron chi connectivity index (χ1n) is 5.56. The van der Waals surface area contributed by atoms with E-state index in [9.17, 15) is 10.1 Å². The molecule has 0 saturated heterocycles. The molecule has 0 amide bonds. The van der Waals surface area contributed by atoms with E-state index in [1.807, 2.05) is 23.2 Å². The van der Waals surface area contributed by atoms with Crippen LogP contribution in [0, 0.1) is 10.1 Å². The second-order valence-electron chi connectivity index (χ2n) is 3.92. The van der Waals surface area contributed by atoms with Crippen molar-refractivity contribution in [2.75, 3.05) is 6.54 Å². The molecular formula is C11H14N4O2S. The number of nitrogens with zero attached hydrogens (tertiary/aromatic N) is 3. The summed E-state index contributed by atoms with van der Waals surface area (Å²) in [6, 6.07) is 3.60. The third kappa shape index (κ3) is 3.14. The molecule has 0 fully saturated rings. The Balaban J connectivity index is 1.75. The van der Waals surface area contributed by atoms with E-state index in [1.165, 1.54) is 5.69 Å². The summed E-state index contributed by atoms with van der Waals surface area (Å²) < 4.78 is 1.84. The molecule has 0 bridgehead atoms. The number of nitro groups is 1. The molecule has 0 saturated carbocycles. The van der Waals surface area contributed by atoms with Gasteiger partial charge >= 0.3 is 5.00 Å². The third-order valence-electron chi connectivity index (χ3n) is 2.63. The van der Waals surface area contributed by atoms with Crippen molar-refractivity contribution in [3.8, 4) is 0 Å². The molecule has 6 nitrogen and oxygen atoms in total. The maximum Gasteiger partial charge on any atom is 0.324 e. The smallest absolute Gasteiger partial charge is 0.312 e. The molecule has 1 N–H and O–H groups in total. The lowest BCUT2D eigenvalue weighted by atomic mass is 10.3. The molecule has 0 unspecified atom stereocenters. The van der Waals surface area contributed by atoms with Crippen LogP contribution in [0.4, 0.5) is 5.00 Å². The van der Waals surface area contributed by atoms with Gasteiger partial charge in [-0.3, -0.25) is 14.8 Å². The van der Waals surface area contributed by atoms with Crippen LogP contribution in [-0.4, -0.2) is 21.2 Å². The average Bonchev–Trinajstić information content (AvgIpc) is 2.94. The van der Waals surface area contributed by atoms with Gasteiger partial charge < -0.3 is 5.32 Å². The molecule has 0 aliphatic carbocycles. The van der Waals surface area contributed by atoms with E-state index in [2.05, 4.69) is 10.4 Å². The number of thiophene rings is 1. The summed E-state index contributed by atoms with van der Waals surface area (Å²) in [5.41, 5.74) is 2.12. The normalized spacial score (nSPS) is 10.7. The van der Waals surface area contributed by atoms with Crippen molar-refractivity contribution < 1.29 is 4.92 Å². The van der Waals surface area contributed by atoms with Crippen LogP contribution in [0.25, 0.3) is 0 Å². The Morgan fingerprint density at radius 2 is 2.44 bits per heavy atom. The minimum atomic E-state index is -0.357. The highest BCUT2D eigenvalue weighted by Gasteiger charge is 2.08. The maximum atomic E-state index is 10.5. The Kier molecular flexibility index (Phi) is 4.06. The van der Waals surface area contributed by atoms with Gasteiger partial charge in [0.05, 0.1) is 4.92 Å². The highest BCUT2D eigenvalue weighted by molar-refractivity contribution is 7.13. The van der Waals surface area contributed by atoms with Crippen LogP contribution in [0.2, 0.25) is 0 Å². The highest BCUT2D eigenvalue weighted by atomic mass is 32.1. The van der Waals surface area contributed by atoms with Crippen LogP contribution >= 0.6 is 11.3 Å². The van der Waals surface area contributed by atoms with Gasteiger partial charge in [-0.15, -0.1) is 0 Å². The van der Waals surface area contributed by atoms with Gasteiger partial charge in [-0.25, -0.2) is 0 Å². The van der Waals surface area contributed by atoms with Crippen LogP contribution in [0.15, 0.2) is 23.7 Å². The quantitative estimate of drug-likeness (QED) is 0.491. The zero-order valence-corrected chi connectivity index (χ0v) is 10.8. The minimum Gasteiger partial charge on any atom is -0.312 e. The topological polar surface area (TPSA) is 73.0 Å². The monoisotopic (exact) mass is 266 g/mol. The van der Waals surface area contributed by atoms with Gasteiger partial charge in [0.1, 0.15) is 0 Å². The van der Waals surface area contributed by atoms with Crippen molar-refractivity contribution in [2.45, 2.75) is 13.0 Å². The van der Waals surface area contributed by atoms with E-state index in [0.717, 1.165) is 29.9 Å². The van der Waals surface area contributed by atoms with Gasteiger partial charge in [-0.05, 0) is 11.6 Å². The van der Waals surface area contributed by atoms with Crippen molar-refractivity contribution in [3.63, 3.8) is 0 Å². The Hall–Kier alpha value is -1.73. The molecule has 2 aromatic rings. The van der Waals surface area contributed by atoms with E-state index < -0.39 is 0 Å². The van der Waals surface area contributed by atoms with Gasteiger partial charge in [0.2, 0.25) is 0 Å². The Morgan fingerprint density at radius 3 is 3.06 bits per heavy atom. The summed E-state index contributed by atoms with van der Waals surface area (Å²) in [6.07, 6.45) is 2.67. The lowest BCUT2D eigenvalue weighted by molar-refractivity contribution is -0.380. The molecule has 0 aromatic carbocycles. The van der Waals surface area contributed by atoms with Crippen LogP contribution in [0.3, 0.4) is 0 Å². The van der Waals surface area contributed by atoms with E-state index in [-0.39, 0.29) is 9.92 Å². The van der Waals surface area contributed by atoms with Crippen molar-refractivity contribution >= 4 is 16.3 Å². The number of rotatable bonds is 6. The first kappa shape index (κ1) is 12.7. The Bertz CT molecular complexity index is 535. The number of aryl methyl sites for hydroxylation is 1. The molecule has 18 heavy (non-hydrogen) atoms. The van der Waals surface area contributed by atoms with Crippen LogP contribution < -0.4 is 5.32 Å². The van der Waals surface area contributed by atoms with E-state index >= 15 is 0 Å². The summed E-state index contributed by atoms with van der Waals surface area (Å²) in [5.74, 6) is 0. The van der Waals surface area contributed by atoms with Crippen molar-refractivity contribution in [3.05, 3.63) is 45.1 Å². The number of hydrogen-bond donors (Lipinski definition) is 1. The lowest BCUT2D eigenvalue weighted by Crippen LogP contribution is -2.17. The Morgan fingerprint density at radius 1 is 1.61 bits per heavy atom. The predicted molar refractivity (Wildman–Crippen MR) is 69.6 cm³/mol. The second kappa shape index (κ2) is 5.74. The summed E-state index contributed by atoms with van der Waals surface area (Å²) in [4.78, 5) is 10.2. The second-order valence-corrected chi connectivity index (χ2v) is 4.81. The zero-order valence-electron chi connectivity index (χ0n) is 10.00. The standard InChI is InChI=1S/C11H14N4O2S/c1-14-10(3-5-13-14)2-4-12-7-9-6-11(15(16)17)18-8-9/h3,5-6,8,12H,2,4,7H2,1H3. The molecule has 2 heterocycles. The van der Waals surface area contributed by atoms with Gasteiger partial charge in [-0.2, -0.15) is 5.10 Å². The van der Waals surface area contributed by atoms with E-state index in [0.29, 0.717) is 6.54 Å². The highest BCUT2D eigenvalue weighted by Crippen LogP contribution is 2.22. The predicted octanol–water partition coefficient (Wildman–Crippen LogP) is 1.72. The minimum absolute atomic E-state index is 0.193. The van der Waals surface area contributed by atoms with Crippen LogP contribution in [0.5, 0.6) is 0 Å². The molecular weight excluding hydrogens is 252 g/mol. The molecule has 0 atom stereocenters.